The van der Waals surface area contributed by atoms with Gasteiger partial charge in [-0.1, -0.05) is 6.07 Å². The molecule has 2 aromatic carbocycles. The van der Waals surface area contributed by atoms with E-state index < -0.39 is 22.2 Å². The molecule has 0 unspecified atom stereocenters. The molecule has 0 saturated heterocycles. The van der Waals surface area contributed by atoms with Crippen LogP contribution in [0.3, 0.4) is 0 Å². The Labute approximate surface area is 113 Å². The molecule has 0 fully saturated rings. The molecule has 0 spiro atoms. The average molecular weight is 280 g/mol. The number of hydrogen-bond acceptors (Lipinski definition) is 4. The van der Waals surface area contributed by atoms with E-state index in [4.69, 9.17) is 4.74 Å². The summed E-state index contributed by atoms with van der Waals surface area (Å²) in [7, 11) is 1.30. The van der Waals surface area contributed by atoms with E-state index in [1.807, 2.05) is 0 Å². The Bertz CT molecular complexity index is 662. The maximum atomic E-state index is 13.4. The molecular formula is C13H10F2N2O3. The zero-order valence-electron chi connectivity index (χ0n) is 10.4. The minimum Gasteiger partial charge on any atom is -0.494 e. The number of halogens is 2. The molecule has 2 rings (SSSR count). The minimum absolute atomic E-state index is 0.0194. The highest BCUT2D eigenvalue weighted by molar-refractivity contribution is 5.70. The van der Waals surface area contributed by atoms with E-state index in [2.05, 4.69) is 5.32 Å². The molecular weight excluding hydrogens is 270 g/mol. The van der Waals surface area contributed by atoms with E-state index >= 15 is 0 Å². The lowest BCUT2D eigenvalue weighted by atomic mass is 10.2. The van der Waals surface area contributed by atoms with Gasteiger partial charge in [0.25, 0.3) is 0 Å². The van der Waals surface area contributed by atoms with Crippen LogP contribution < -0.4 is 10.1 Å². The van der Waals surface area contributed by atoms with Crippen LogP contribution in [0.2, 0.25) is 0 Å². The van der Waals surface area contributed by atoms with Crippen LogP contribution in [-0.2, 0) is 0 Å². The summed E-state index contributed by atoms with van der Waals surface area (Å²) in [4.78, 5) is 10.0. The van der Waals surface area contributed by atoms with Crippen LogP contribution in [0.25, 0.3) is 0 Å². The first-order valence-corrected chi connectivity index (χ1v) is 5.56. The summed E-state index contributed by atoms with van der Waals surface area (Å²) in [5.41, 5.74) is -0.351. The molecule has 0 atom stereocenters. The topological polar surface area (TPSA) is 64.4 Å². The van der Waals surface area contributed by atoms with Crippen LogP contribution in [0.1, 0.15) is 0 Å². The zero-order chi connectivity index (χ0) is 14.7. The Morgan fingerprint density at radius 3 is 2.60 bits per heavy atom. The van der Waals surface area contributed by atoms with Gasteiger partial charge in [-0.15, -0.1) is 0 Å². The van der Waals surface area contributed by atoms with Gasteiger partial charge in [0.1, 0.15) is 5.69 Å². The highest BCUT2D eigenvalue weighted by atomic mass is 19.1. The molecule has 0 saturated carbocycles. The molecule has 7 heteroatoms. The fraction of sp³-hybridized carbons (Fsp3) is 0.0769. The van der Waals surface area contributed by atoms with Gasteiger partial charge < -0.3 is 10.1 Å². The Morgan fingerprint density at radius 2 is 1.95 bits per heavy atom. The maximum Gasteiger partial charge on any atom is 0.327 e. The Hall–Kier alpha value is -2.70. The summed E-state index contributed by atoms with van der Waals surface area (Å²) in [6.07, 6.45) is 0. The number of para-hydroxylation sites is 1. The fourth-order valence-corrected chi connectivity index (χ4v) is 1.69. The van der Waals surface area contributed by atoms with Gasteiger partial charge in [0.05, 0.1) is 12.0 Å². The van der Waals surface area contributed by atoms with Crippen molar-refractivity contribution in [3.05, 3.63) is 58.1 Å². The van der Waals surface area contributed by atoms with E-state index in [1.165, 1.54) is 31.4 Å². The van der Waals surface area contributed by atoms with Gasteiger partial charge in [0.2, 0.25) is 5.82 Å². The van der Waals surface area contributed by atoms with Gasteiger partial charge in [0.15, 0.2) is 11.6 Å². The highest BCUT2D eigenvalue weighted by Gasteiger charge is 2.20. The molecule has 0 aliphatic carbocycles. The smallest absolute Gasteiger partial charge is 0.327 e. The third-order valence-corrected chi connectivity index (χ3v) is 2.60. The summed E-state index contributed by atoms with van der Waals surface area (Å²) >= 11 is 0. The van der Waals surface area contributed by atoms with Crippen molar-refractivity contribution in [2.75, 3.05) is 12.4 Å². The molecule has 2 aromatic rings. The van der Waals surface area contributed by atoms with E-state index in [0.717, 1.165) is 12.1 Å². The lowest BCUT2D eigenvalue weighted by Crippen LogP contribution is -2.00. The van der Waals surface area contributed by atoms with Crippen molar-refractivity contribution in [2.24, 2.45) is 0 Å². The highest BCUT2D eigenvalue weighted by Crippen LogP contribution is 2.31. The van der Waals surface area contributed by atoms with Crippen molar-refractivity contribution < 1.29 is 18.4 Å². The number of ether oxygens (including phenoxy) is 1. The summed E-state index contributed by atoms with van der Waals surface area (Å²) in [5.74, 6) is -1.53. The number of nitrogens with one attached hydrogen (secondary N) is 1. The summed E-state index contributed by atoms with van der Waals surface area (Å²) in [6, 6.07) is 7.53. The fourth-order valence-electron chi connectivity index (χ4n) is 1.69. The average Bonchev–Trinajstić information content (AvgIpc) is 2.40. The van der Waals surface area contributed by atoms with E-state index in [-0.39, 0.29) is 11.4 Å². The standard InChI is InChI=1S/C13H10F2N2O3/c1-20-12-7-8(5-6-9(12)14)16-11-4-2-3-10(15)13(11)17(18)19/h2-7,16H,1H3. The van der Waals surface area contributed by atoms with Crippen molar-refractivity contribution in [1.29, 1.82) is 0 Å². The van der Waals surface area contributed by atoms with Crippen LogP contribution in [0.5, 0.6) is 5.75 Å². The number of anilines is 2. The Morgan fingerprint density at radius 1 is 1.20 bits per heavy atom. The molecule has 0 aliphatic heterocycles. The maximum absolute atomic E-state index is 13.4. The quantitative estimate of drug-likeness (QED) is 0.686. The van der Waals surface area contributed by atoms with Crippen molar-refractivity contribution in [3.63, 3.8) is 0 Å². The van der Waals surface area contributed by atoms with Gasteiger partial charge in [-0.3, -0.25) is 10.1 Å². The van der Waals surface area contributed by atoms with E-state index in [0.29, 0.717) is 5.69 Å². The number of hydrogen-bond donors (Lipinski definition) is 1. The zero-order valence-corrected chi connectivity index (χ0v) is 10.4. The third-order valence-electron chi connectivity index (χ3n) is 2.60. The number of nitrogens with zero attached hydrogens (tertiary/aromatic N) is 1. The molecule has 0 aromatic heterocycles. The summed E-state index contributed by atoms with van der Waals surface area (Å²) < 4.78 is 31.5. The van der Waals surface area contributed by atoms with Gasteiger partial charge >= 0.3 is 5.69 Å². The second-order valence-electron chi connectivity index (χ2n) is 3.87. The van der Waals surface area contributed by atoms with Crippen LogP contribution in [0.15, 0.2) is 36.4 Å². The molecule has 0 heterocycles. The van der Waals surface area contributed by atoms with Crippen LogP contribution in [0.4, 0.5) is 25.8 Å². The summed E-state index contributed by atoms with van der Waals surface area (Å²) in [6.45, 7) is 0. The van der Waals surface area contributed by atoms with Crippen LogP contribution >= 0.6 is 0 Å². The largest absolute Gasteiger partial charge is 0.494 e. The lowest BCUT2D eigenvalue weighted by Gasteiger charge is -2.09. The Balaban J connectivity index is 2.40. The van der Waals surface area contributed by atoms with Gasteiger partial charge in [-0.2, -0.15) is 4.39 Å². The molecule has 104 valence electrons. The first-order valence-electron chi connectivity index (χ1n) is 5.56. The van der Waals surface area contributed by atoms with Crippen molar-refractivity contribution >= 4 is 17.1 Å². The SMILES string of the molecule is COc1cc(Nc2cccc(F)c2[N+](=O)[O-])ccc1F. The van der Waals surface area contributed by atoms with Crippen molar-refractivity contribution in [1.82, 2.24) is 0 Å². The monoisotopic (exact) mass is 280 g/mol. The van der Waals surface area contributed by atoms with E-state index in [1.54, 1.807) is 0 Å². The molecule has 0 amide bonds. The first kappa shape index (κ1) is 13.7. The number of nitro benzene ring substituents is 1. The molecule has 0 bridgehead atoms. The third kappa shape index (κ3) is 2.66. The number of benzene rings is 2. The number of nitro groups is 1. The van der Waals surface area contributed by atoms with Gasteiger partial charge in [0, 0.05) is 11.8 Å². The Kier molecular flexibility index (Phi) is 3.79. The molecule has 0 aliphatic rings. The number of rotatable bonds is 4. The van der Waals surface area contributed by atoms with Gasteiger partial charge in [-0.05, 0) is 24.3 Å². The molecule has 1 N–H and O–H groups in total. The van der Waals surface area contributed by atoms with Gasteiger partial charge in [-0.25, -0.2) is 4.39 Å². The normalized spacial score (nSPS) is 10.2. The second-order valence-corrected chi connectivity index (χ2v) is 3.87. The number of methoxy groups -OCH3 is 1. The molecule has 0 radical (unpaired) electrons. The van der Waals surface area contributed by atoms with Crippen molar-refractivity contribution in [3.8, 4) is 5.75 Å². The molecule has 5 nitrogen and oxygen atoms in total. The first-order chi connectivity index (χ1) is 9.52. The predicted octanol–water partition coefficient (Wildman–Crippen LogP) is 3.63. The second kappa shape index (κ2) is 5.52. The summed E-state index contributed by atoms with van der Waals surface area (Å²) in [5, 5.41) is 13.5. The molecule has 20 heavy (non-hydrogen) atoms. The van der Waals surface area contributed by atoms with Crippen LogP contribution in [0, 0.1) is 21.7 Å². The predicted molar refractivity (Wildman–Crippen MR) is 69.3 cm³/mol. The van der Waals surface area contributed by atoms with Crippen molar-refractivity contribution in [2.45, 2.75) is 0 Å². The van der Waals surface area contributed by atoms with Crippen LogP contribution in [-0.4, -0.2) is 12.0 Å². The lowest BCUT2D eigenvalue weighted by molar-refractivity contribution is -0.386. The van der Waals surface area contributed by atoms with E-state index in [9.17, 15) is 18.9 Å². The minimum atomic E-state index is -0.950.